The zero-order chi connectivity index (χ0) is 13.8. The fourth-order valence-corrected chi connectivity index (χ4v) is 1.28. The van der Waals surface area contributed by atoms with Crippen LogP contribution in [0.3, 0.4) is 0 Å². The molecule has 1 aromatic carbocycles. The predicted molar refractivity (Wildman–Crippen MR) is 73.6 cm³/mol. The summed E-state index contributed by atoms with van der Waals surface area (Å²) in [6, 6.07) is 7.47. The number of aromatic hydroxyl groups is 1. The van der Waals surface area contributed by atoms with Crippen molar-refractivity contribution in [2.75, 3.05) is 0 Å². The molecule has 3 heteroatoms. The van der Waals surface area contributed by atoms with Crippen LogP contribution >= 0.6 is 0 Å². The summed E-state index contributed by atoms with van der Waals surface area (Å²) in [6.45, 7) is 6.47. The second-order valence-corrected chi connectivity index (χ2v) is 4.22. The average molecular weight is 252 g/mol. The molecule has 0 saturated heterocycles. The van der Waals surface area contributed by atoms with E-state index in [0.717, 1.165) is 12.8 Å². The Balaban J connectivity index is 0.000000360. The van der Waals surface area contributed by atoms with Crippen molar-refractivity contribution in [2.45, 2.75) is 52.6 Å². The van der Waals surface area contributed by atoms with Crippen molar-refractivity contribution in [1.29, 1.82) is 0 Å². The van der Waals surface area contributed by atoms with Crippen LogP contribution < -0.4 is 0 Å². The number of ether oxygens (including phenoxy) is 1. The van der Waals surface area contributed by atoms with Crippen LogP contribution in [-0.2, 0) is 16.0 Å². The molecule has 1 unspecified atom stereocenters. The van der Waals surface area contributed by atoms with Crippen LogP contribution in [0.25, 0.3) is 0 Å². The van der Waals surface area contributed by atoms with E-state index in [2.05, 4.69) is 17.7 Å². The van der Waals surface area contributed by atoms with Gasteiger partial charge in [0.05, 0.1) is 6.10 Å². The lowest BCUT2D eigenvalue weighted by Gasteiger charge is -2.02. The summed E-state index contributed by atoms with van der Waals surface area (Å²) < 4.78 is 4.51. The largest absolute Gasteiger partial charge is 0.508 e. The van der Waals surface area contributed by atoms with Gasteiger partial charge in [0, 0.05) is 0 Å². The molecule has 0 aromatic heterocycles. The van der Waals surface area contributed by atoms with Crippen LogP contribution in [0.15, 0.2) is 24.3 Å². The lowest BCUT2D eigenvalue weighted by molar-refractivity contribution is -0.132. The number of unbranched alkanes of at least 4 members (excludes halogenated alkanes) is 1. The third kappa shape index (κ3) is 8.62. The number of phenolic OH excluding ortho intramolecular Hbond substituents is 1. The van der Waals surface area contributed by atoms with E-state index in [0.29, 0.717) is 12.2 Å². The van der Waals surface area contributed by atoms with Gasteiger partial charge in [0.15, 0.2) is 0 Å². The number of benzene rings is 1. The lowest BCUT2D eigenvalue weighted by atomic mass is 10.1. The summed E-state index contributed by atoms with van der Waals surface area (Å²) in [7, 11) is 0. The molecule has 0 bridgehead atoms. The summed E-state index contributed by atoms with van der Waals surface area (Å²) >= 11 is 0. The molecule has 0 aliphatic rings. The fourth-order valence-electron chi connectivity index (χ4n) is 1.28. The van der Waals surface area contributed by atoms with Gasteiger partial charge in [-0.05, 0) is 43.9 Å². The van der Waals surface area contributed by atoms with Crippen LogP contribution in [0.1, 0.15) is 45.6 Å². The van der Waals surface area contributed by atoms with Crippen molar-refractivity contribution in [3.63, 3.8) is 0 Å². The minimum atomic E-state index is 0.0810. The van der Waals surface area contributed by atoms with E-state index in [1.54, 1.807) is 6.07 Å². The van der Waals surface area contributed by atoms with E-state index in [1.807, 2.05) is 26.0 Å². The first kappa shape index (κ1) is 16.5. The number of aryl methyl sites for hydroxylation is 1. The van der Waals surface area contributed by atoms with E-state index in [-0.39, 0.29) is 6.10 Å². The quantitative estimate of drug-likeness (QED) is 0.785. The van der Waals surface area contributed by atoms with Crippen molar-refractivity contribution in [3.8, 4) is 5.75 Å². The van der Waals surface area contributed by atoms with Gasteiger partial charge < -0.3 is 9.84 Å². The molecule has 0 spiro atoms. The molecule has 0 amide bonds. The third-order valence-electron chi connectivity index (χ3n) is 2.59. The minimum Gasteiger partial charge on any atom is -0.508 e. The summed E-state index contributed by atoms with van der Waals surface area (Å²) in [5, 5.41) is 9.11. The minimum absolute atomic E-state index is 0.0810. The molecule has 1 rings (SSSR count). The van der Waals surface area contributed by atoms with E-state index in [9.17, 15) is 4.79 Å². The van der Waals surface area contributed by atoms with Crippen LogP contribution in [-0.4, -0.2) is 17.7 Å². The third-order valence-corrected chi connectivity index (χ3v) is 2.59. The summed E-state index contributed by atoms with van der Waals surface area (Å²) in [5.41, 5.74) is 1.23. The first-order valence-corrected chi connectivity index (χ1v) is 6.51. The van der Waals surface area contributed by atoms with Gasteiger partial charge in [-0.2, -0.15) is 0 Å². The van der Waals surface area contributed by atoms with Crippen molar-refractivity contribution >= 4 is 6.47 Å². The maximum atomic E-state index is 9.55. The number of hydrogen-bond acceptors (Lipinski definition) is 3. The highest BCUT2D eigenvalue weighted by Gasteiger charge is 1.93. The van der Waals surface area contributed by atoms with Crippen LogP contribution in [0.5, 0.6) is 5.75 Å². The zero-order valence-electron chi connectivity index (χ0n) is 11.6. The van der Waals surface area contributed by atoms with E-state index in [1.165, 1.54) is 18.4 Å². The monoisotopic (exact) mass is 252 g/mol. The second kappa shape index (κ2) is 10.6. The van der Waals surface area contributed by atoms with E-state index < -0.39 is 0 Å². The molecule has 0 aliphatic carbocycles. The number of phenols is 1. The van der Waals surface area contributed by atoms with Crippen molar-refractivity contribution in [3.05, 3.63) is 29.8 Å². The maximum Gasteiger partial charge on any atom is 0.293 e. The normalized spacial score (nSPS) is 11.1. The highest BCUT2D eigenvalue weighted by Crippen LogP contribution is 2.12. The molecule has 18 heavy (non-hydrogen) atoms. The topological polar surface area (TPSA) is 46.5 Å². The Kier molecular flexibility index (Phi) is 9.74. The second-order valence-electron chi connectivity index (χ2n) is 4.22. The van der Waals surface area contributed by atoms with Gasteiger partial charge in [-0.15, -0.1) is 0 Å². The highest BCUT2D eigenvalue weighted by molar-refractivity contribution is 5.37. The van der Waals surface area contributed by atoms with Gasteiger partial charge in [-0.3, -0.25) is 4.79 Å². The smallest absolute Gasteiger partial charge is 0.293 e. The Hall–Kier alpha value is -1.51. The van der Waals surface area contributed by atoms with Crippen molar-refractivity contribution < 1.29 is 14.6 Å². The molecule has 0 saturated carbocycles. The van der Waals surface area contributed by atoms with Gasteiger partial charge in [-0.1, -0.05) is 32.4 Å². The van der Waals surface area contributed by atoms with Gasteiger partial charge >= 0.3 is 0 Å². The number of hydrogen-bond donors (Lipinski definition) is 1. The van der Waals surface area contributed by atoms with Gasteiger partial charge in [0.1, 0.15) is 5.75 Å². The van der Waals surface area contributed by atoms with Gasteiger partial charge in [0.25, 0.3) is 6.47 Å². The standard InChI is InChI=1S/C10H14O.C5H10O2/c1-2-3-5-9-6-4-7-10(11)8-9;1-3-5(2)7-4-6/h4,6-8,11H,2-3,5H2,1H3;4-5H,3H2,1-2H3. The lowest BCUT2D eigenvalue weighted by Crippen LogP contribution is -2.03. The molecule has 1 aromatic rings. The molecule has 1 N–H and O–H groups in total. The maximum absolute atomic E-state index is 9.55. The molecule has 0 heterocycles. The van der Waals surface area contributed by atoms with Crippen LogP contribution in [0.2, 0.25) is 0 Å². The summed E-state index contributed by atoms with van der Waals surface area (Å²) in [5.74, 6) is 0.374. The Bertz CT molecular complexity index is 323. The summed E-state index contributed by atoms with van der Waals surface area (Å²) in [4.78, 5) is 9.55. The molecule has 3 nitrogen and oxygen atoms in total. The molecule has 0 radical (unpaired) electrons. The Morgan fingerprint density at radius 2 is 2.11 bits per heavy atom. The molecule has 0 aliphatic heterocycles. The SMILES string of the molecule is CCC(C)OC=O.CCCCc1cccc(O)c1. The fraction of sp³-hybridized carbons (Fsp3) is 0.533. The van der Waals surface area contributed by atoms with Gasteiger partial charge in [0.2, 0.25) is 0 Å². The van der Waals surface area contributed by atoms with Gasteiger partial charge in [-0.25, -0.2) is 0 Å². The number of rotatable bonds is 6. The molecular formula is C15H24O3. The Morgan fingerprint density at radius 1 is 1.39 bits per heavy atom. The summed E-state index contributed by atoms with van der Waals surface area (Å²) in [6.07, 6.45) is 4.44. The zero-order valence-corrected chi connectivity index (χ0v) is 11.6. The van der Waals surface area contributed by atoms with Crippen LogP contribution in [0, 0.1) is 0 Å². The molecule has 102 valence electrons. The predicted octanol–water partition coefficient (Wildman–Crippen LogP) is 3.69. The molecule has 0 fully saturated rings. The van der Waals surface area contributed by atoms with E-state index >= 15 is 0 Å². The first-order chi connectivity index (χ1) is 8.63. The Labute approximate surface area is 110 Å². The number of carbonyl (C=O) groups is 1. The van der Waals surface area contributed by atoms with E-state index in [4.69, 9.17) is 5.11 Å². The van der Waals surface area contributed by atoms with Crippen molar-refractivity contribution in [1.82, 2.24) is 0 Å². The molecule has 1 atom stereocenters. The molecular weight excluding hydrogens is 228 g/mol. The highest BCUT2D eigenvalue weighted by atomic mass is 16.5. The number of carbonyl (C=O) groups excluding carboxylic acids is 1. The first-order valence-electron chi connectivity index (χ1n) is 6.51. The van der Waals surface area contributed by atoms with Crippen molar-refractivity contribution in [2.24, 2.45) is 0 Å². The Morgan fingerprint density at radius 3 is 2.56 bits per heavy atom. The average Bonchev–Trinajstić information content (AvgIpc) is 2.37. The van der Waals surface area contributed by atoms with Crippen LogP contribution in [0.4, 0.5) is 0 Å².